The van der Waals surface area contributed by atoms with Gasteiger partial charge < -0.3 is 9.47 Å². The van der Waals surface area contributed by atoms with Crippen LogP contribution < -0.4 is 9.47 Å². The van der Waals surface area contributed by atoms with Gasteiger partial charge in [-0.3, -0.25) is 4.90 Å². The summed E-state index contributed by atoms with van der Waals surface area (Å²) in [6.45, 7) is 4.22. The van der Waals surface area contributed by atoms with E-state index in [0.29, 0.717) is 11.8 Å². The molecule has 1 aliphatic heterocycles. The molecule has 1 fully saturated rings. The Kier molecular flexibility index (Phi) is 5.95. The van der Waals surface area contributed by atoms with Gasteiger partial charge in [-0.25, -0.2) is 0 Å². The zero-order valence-electron chi connectivity index (χ0n) is 18.3. The van der Waals surface area contributed by atoms with E-state index in [1.165, 1.54) is 48.2 Å². The van der Waals surface area contributed by atoms with Crippen molar-refractivity contribution >= 4 is 0 Å². The minimum Gasteiger partial charge on any atom is -0.497 e. The molecule has 0 amide bonds. The number of hydrogen-bond donors (Lipinski definition) is 0. The van der Waals surface area contributed by atoms with Crippen molar-refractivity contribution in [2.24, 2.45) is 0 Å². The van der Waals surface area contributed by atoms with Crippen molar-refractivity contribution in [3.8, 4) is 11.5 Å². The Morgan fingerprint density at radius 2 is 1.58 bits per heavy atom. The first-order valence-electron chi connectivity index (χ1n) is 11.5. The predicted octanol–water partition coefficient (Wildman–Crippen LogP) is 5.64. The number of likely N-dealkylation sites (tertiary alicyclic amines) is 1. The molecule has 160 valence electrons. The molecule has 1 heterocycles. The molecule has 3 aromatic rings. The van der Waals surface area contributed by atoms with Crippen LogP contribution in [0.4, 0.5) is 0 Å². The van der Waals surface area contributed by atoms with Crippen LogP contribution in [0.5, 0.6) is 11.5 Å². The van der Waals surface area contributed by atoms with Gasteiger partial charge in [-0.1, -0.05) is 48.5 Å². The van der Waals surface area contributed by atoms with E-state index in [9.17, 15) is 0 Å². The zero-order valence-corrected chi connectivity index (χ0v) is 18.3. The van der Waals surface area contributed by atoms with E-state index in [1.54, 1.807) is 7.11 Å². The largest absolute Gasteiger partial charge is 0.497 e. The van der Waals surface area contributed by atoms with Gasteiger partial charge in [0, 0.05) is 12.5 Å². The first-order chi connectivity index (χ1) is 15.3. The van der Waals surface area contributed by atoms with Crippen molar-refractivity contribution < 1.29 is 9.47 Å². The fourth-order valence-electron chi connectivity index (χ4n) is 5.25. The van der Waals surface area contributed by atoms with Crippen molar-refractivity contribution in [1.29, 1.82) is 0 Å². The molecule has 3 nitrogen and oxygen atoms in total. The molecule has 0 spiro atoms. The zero-order chi connectivity index (χ0) is 21.0. The molecule has 2 aliphatic rings. The second-order valence-electron chi connectivity index (χ2n) is 8.73. The molecule has 1 aliphatic carbocycles. The molecule has 3 heteroatoms. The SMILES string of the molecule is COc1ccc2c(c1)C[C@@H](c1ccccc1)[C@@H]2c1ccc(OCCN2CCCC2)cc1. The summed E-state index contributed by atoms with van der Waals surface area (Å²) in [5.41, 5.74) is 5.56. The minimum absolute atomic E-state index is 0.349. The Morgan fingerprint density at radius 1 is 0.839 bits per heavy atom. The molecule has 3 aromatic carbocycles. The standard InChI is InChI=1S/C28H31NO2/c1-30-25-13-14-26-23(19-25)20-27(21-7-3-2-4-8-21)28(26)22-9-11-24(12-10-22)31-18-17-29-15-5-6-16-29/h2-4,7-14,19,27-28H,5-6,15-18,20H2,1H3/t27-,28+/m0/s1. The number of nitrogens with zero attached hydrogens (tertiary/aromatic N) is 1. The average Bonchev–Trinajstić information content (AvgIpc) is 3.47. The first kappa shape index (κ1) is 20.1. The Bertz CT molecular complexity index is 993. The summed E-state index contributed by atoms with van der Waals surface area (Å²) in [5, 5.41) is 0. The summed E-state index contributed by atoms with van der Waals surface area (Å²) in [6.07, 6.45) is 3.69. The van der Waals surface area contributed by atoms with Gasteiger partial charge in [0.05, 0.1) is 7.11 Å². The Hall–Kier alpha value is -2.78. The van der Waals surface area contributed by atoms with Crippen LogP contribution in [0.3, 0.4) is 0 Å². The summed E-state index contributed by atoms with van der Waals surface area (Å²) >= 11 is 0. The molecule has 0 unspecified atom stereocenters. The monoisotopic (exact) mass is 413 g/mol. The number of rotatable bonds is 7. The fourth-order valence-corrected chi connectivity index (χ4v) is 5.25. The van der Waals surface area contributed by atoms with E-state index in [0.717, 1.165) is 31.1 Å². The molecule has 5 rings (SSSR count). The molecule has 0 radical (unpaired) electrons. The van der Waals surface area contributed by atoms with E-state index in [1.807, 2.05) is 0 Å². The third-order valence-corrected chi connectivity index (χ3v) is 6.87. The summed E-state index contributed by atoms with van der Waals surface area (Å²) in [5.74, 6) is 2.69. The second-order valence-corrected chi connectivity index (χ2v) is 8.73. The maximum absolute atomic E-state index is 6.04. The number of benzene rings is 3. The molecule has 0 bridgehead atoms. The van der Waals surface area contributed by atoms with E-state index in [4.69, 9.17) is 9.47 Å². The lowest BCUT2D eigenvalue weighted by atomic mass is 9.82. The fraction of sp³-hybridized carbons (Fsp3) is 0.357. The van der Waals surface area contributed by atoms with Crippen LogP contribution in [0.15, 0.2) is 72.8 Å². The molecule has 1 saturated heterocycles. The molecular formula is C28H31NO2. The van der Waals surface area contributed by atoms with Gasteiger partial charge in [0.15, 0.2) is 0 Å². The van der Waals surface area contributed by atoms with Gasteiger partial charge in [0.25, 0.3) is 0 Å². The van der Waals surface area contributed by atoms with Gasteiger partial charge in [-0.05, 0) is 84.8 Å². The van der Waals surface area contributed by atoms with Crippen LogP contribution in [0.25, 0.3) is 0 Å². The van der Waals surface area contributed by atoms with Crippen molar-refractivity contribution in [2.45, 2.75) is 31.1 Å². The molecule has 0 aromatic heterocycles. The maximum atomic E-state index is 6.04. The average molecular weight is 414 g/mol. The number of methoxy groups -OCH3 is 1. The lowest BCUT2D eigenvalue weighted by Crippen LogP contribution is -2.25. The van der Waals surface area contributed by atoms with Gasteiger partial charge in [-0.15, -0.1) is 0 Å². The highest BCUT2D eigenvalue weighted by atomic mass is 16.5. The van der Waals surface area contributed by atoms with E-state index < -0.39 is 0 Å². The van der Waals surface area contributed by atoms with E-state index >= 15 is 0 Å². The Morgan fingerprint density at radius 3 is 2.32 bits per heavy atom. The van der Waals surface area contributed by atoms with Crippen LogP contribution in [-0.2, 0) is 6.42 Å². The molecule has 0 N–H and O–H groups in total. The number of fused-ring (bicyclic) bond motifs is 1. The summed E-state index contributed by atoms with van der Waals surface area (Å²) in [4.78, 5) is 2.49. The normalized spacial score (nSPS) is 20.5. The lowest BCUT2D eigenvalue weighted by Gasteiger charge is -2.22. The van der Waals surface area contributed by atoms with Crippen molar-refractivity contribution in [1.82, 2.24) is 4.90 Å². The third-order valence-electron chi connectivity index (χ3n) is 6.87. The molecule has 2 atom stereocenters. The minimum atomic E-state index is 0.349. The maximum Gasteiger partial charge on any atom is 0.119 e. The highest BCUT2D eigenvalue weighted by Gasteiger charge is 2.34. The number of ether oxygens (including phenoxy) is 2. The van der Waals surface area contributed by atoms with E-state index in [2.05, 4.69) is 77.7 Å². The first-order valence-corrected chi connectivity index (χ1v) is 11.5. The summed E-state index contributed by atoms with van der Waals surface area (Å²) in [7, 11) is 1.74. The second kappa shape index (κ2) is 9.15. The summed E-state index contributed by atoms with van der Waals surface area (Å²) in [6, 6.07) is 26.3. The molecule has 31 heavy (non-hydrogen) atoms. The smallest absolute Gasteiger partial charge is 0.119 e. The van der Waals surface area contributed by atoms with E-state index in [-0.39, 0.29) is 0 Å². The van der Waals surface area contributed by atoms with Crippen LogP contribution >= 0.6 is 0 Å². The molecular weight excluding hydrogens is 382 g/mol. The van der Waals surface area contributed by atoms with Gasteiger partial charge in [0.2, 0.25) is 0 Å². The quantitative estimate of drug-likeness (QED) is 0.500. The van der Waals surface area contributed by atoms with Gasteiger partial charge >= 0.3 is 0 Å². The topological polar surface area (TPSA) is 21.7 Å². The predicted molar refractivity (Wildman–Crippen MR) is 125 cm³/mol. The van der Waals surface area contributed by atoms with Gasteiger partial charge in [-0.2, -0.15) is 0 Å². The van der Waals surface area contributed by atoms with Crippen molar-refractivity contribution in [3.05, 3.63) is 95.1 Å². The van der Waals surface area contributed by atoms with Crippen molar-refractivity contribution in [3.63, 3.8) is 0 Å². The lowest BCUT2D eigenvalue weighted by molar-refractivity contribution is 0.237. The number of hydrogen-bond acceptors (Lipinski definition) is 3. The van der Waals surface area contributed by atoms with Gasteiger partial charge in [0.1, 0.15) is 18.1 Å². The van der Waals surface area contributed by atoms with Crippen LogP contribution in [0, 0.1) is 0 Å². The Balaban J connectivity index is 1.37. The third kappa shape index (κ3) is 4.33. The van der Waals surface area contributed by atoms with Crippen LogP contribution in [0.2, 0.25) is 0 Å². The van der Waals surface area contributed by atoms with Crippen molar-refractivity contribution in [2.75, 3.05) is 33.4 Å². The Labute approximate surface area is 185 Å². The highest BCUT2D eigenvalue weighted by Crippen LogP contribution is 2.48. The molecule has 0 saturated carbocycles. The highest BCUT2D eigenvalue weighted by molar-refractivity contribution is 5.51. The van der Waals surface area contributed by atoms with Crippen LogP contribution in [-0.4, -0.2) is 38.3 Å². The summed E-state index contributed by atoms with van der Waals surface area (Å²) < 4.78 is 11.5. The van der Waals surface area contributed by atoms with Crippen LogP contribution in [0.1, 0.15) is 46.9 Å².